The maximum Gasteiger partial charge on any atom is 0.304 e. The second-order valence-corrected chi connectivity index (χ2v) is 3.51. The minimum absolute atomic E-state index is 0.0589. The van der Waals surface area contributed by atoms with Crippen LogP contribution in [0.25, 0.3) is 0 Å². The average molecular weight is 207 g/mol. The molecule has 0 saturated carbocycles. The van der Waals surface area contributed by atoms with Crippen LogP contribution in [0.15, 0.2) is 30.3 Å². The summed E-state index contributed by atoms with van der Waals surface area (Å²) in [5.74, 6) is -0.689. The molecule has 1 aromatic carbocycles. The molecular formula is C12H17NO2. The summed E-state index contributed by atoms with van der Waals surface area (Å²) >= 11 is 0. The number of likely N-dealkylation sites (N-methyl/N-ethyl adjacent to an activating group) is 1. The van der Waals surface area contributed by atoms with Gasteiger partial charge in [-0.05, 0) is 12.1 Å². The predicted molar refractivity (Wildman–Crippen MR) is 60.0 cm³/mol. The molecule has 1 rings (SSSR count). The van der Waals surface area contributed by atoms with Crippen LogP contribution in [-0.2, 0) is 4.79 Å². The molecule has 0 spiro atoms. The van der Waals surface area contributed by atoms with Crippen LogP contribution >= 0.6 is 0 Å². The molecule has 0 aliphatic heterocycles. The Morgan fingerprint density at radius 2 is 2.07 bits per heavy atom. The van der Waals surface area contributed by atoms with E-state index in [-0.39, 0.29) is 12.3 Å². The van der Waals surface area contributed by atoms with Gasteiger partial charge < -0.3 is 10.4 Å². The van der Waals surface area contributed by atoms with E-state index in [4.69, 9.17) is 5.11 Å². The lowest BCUT2D eigenvalue weighted by atomic mass is 9.96. The summed E-state index contributed by atoms with van der Waals surface area (Å²) in [4.78, 5) is 10.7. The van der Waals surface area contributed by atoms with Crippen molar-refractivity contribution >= 4 is 5.97 Å². The fourth-order valence-corrected chi connectivity index (χ4v) is 1.56. The van der Waals surface area contributed by atoms with Gasteiger partial charge in [0.05, 0.1) is 6.42 Å². The predicted octanol–water partition coefficient (Wildman–Crippen LogP) is 1.85. The Bertz CT molecular complexity index is 298. The highest BCUT2D eigenvalue weighted by atomic mass is 16.4. The van der Waals surface area contributed by atoms with Crippen LogP contribution < -0.4 is 5.32 Å². The molecule has 0 amide bonds. The zero-order valence-electron chi connectivity index (χ0n) is 8.94. The highest BCUT2D eigenvalue weighted by Gasteiger charge is 2.14. The van der Waals surface area contributed by atoms with E-state index < -0.39 is 5.97 Å². The second kappa shape index (κ2) is 6.19. The summed E-state index contributed by atoms with van der Waals surface area (Å²) in [6.45, 7) is 3.60. The van der Waals surface area contributed by atoms with Crippen molar-refractivity contribution in [3.63, 3.8) is 0 Å². The van der Waals surface area contributed by atoms with Gasteiger partial charge in [-0.2, -0.15) is 0 Å². The molecule has 0 saturated heterocycles. The molecule has 0 bridgehead atoms. The Hall–Kier alpha value is -1.35. The maximum atomic E-state index is 10.7. The van der Waals surface area contributed by atoms with Crippen LogP contribution in [0.2, 0.25) is 0 Å². The number of rotatable bonds is 6. The largest absolute Gasteiger partial charge is 0.481 e. The highest BCUT2D eigenvalue weighted by molar-refractivity contribution is 5.68. The molecule has 15 heavy (non-hydrogen) atoms. The standard InChI is InChI=1S/C12H17NO2/c1-2-13-9-11(8-12(14)15)10-6-4-3-5-7-10/h3-7,11,13H,2,8-9H2,1H3,(H,14,15). The summed E-state index contributed by atoms with van der Waals surface area (Å²) in [7, 11) is 0. The van der Waals surface area contributed by atoms with Crippen molar-refractivity contribution in [3.8, 4) is 0 Å². The van der Waals surface area contributed by atoms with Crippen LogP contribution in [-0.4, -0.2) is 24.2 Å². The molecule has 0 aromatic heterocycles. The van der Waals surface area contributed by atoms with Crippen molar-refractivity contribution in [3.05, 3.63) is 35.9 Å². The molecule has 1 aromatic rings. The van der Waals surface area contributed by atoms with Gasteiger partial charge in [-0.3, -0.25) is 4.79 Å². The van der Waals surface area contributed by atoms with Crippen LogP contribution in [0.1, 0.15) is 24.8 Å². The first-order valence-electron chi connectivity index (χ1n) is 5.21. The van der Waals surface area contributed by atoms with Gasteiger partial charge in [-0.15, -0.1) is 0 Å². The Labute approximate surface area is 90.1 Å². The van der Waals surface area contributed by atoms with E-state index >= 15 is 0 Å². The third-order valence-corrected chi connectivity index (χ3v) is 2.33. The summed E-state index contributed by atoms with van der Waals surface area (Å²) in [5, 5.41) is 12.0. The van der Waals surface area contributed by atoms with Crippen LogP contribution in [0.3, 0.4) is 0 Å². The quantitative estimate of drug-likeness (QED) is 0.748. The maximum absolute atomic E-state index is 10.7. The first-order chi connectivity index (χ1) is 7.24. The number of nitrogens with one attached hydrogen (secondary N) is 1. The SMILES string of the molecule is CCNCC(CC(=O)O)c1ccccc1. The number of hydrogen-bond donors (Lipinski definition) is 2. The zero-order valence-corrected chi connectivity index (χ0v) is 8.94. The summed E-state index contributed by atoms with van der Waals surface area (Å²) in [6, 6.07) is 9.77. The Balaban J connectivity index is 2.67. The summed E-state index contributed by atoms with van der Waals surface area (Å²) in [6.07, 6.45) is 0.178. The zero-order chi connectivity index (χ0) is 11.1. The number of carbonyl (C=O) groups is 1. The molecule has 3 nitrogen and oxygen atoms in total. The molecule has 0 aliphatic rings. The number of hydrogen-bond acceptors (Lipinski definition) is 2. The smallest absolute Gasteiger partial charge is 0.304 e. The second-order valence-electron chi connectivity index (χ2n) is 3.51. The minimum atomic E-state index is -0.748. The minimum Gasteiger partial charge on any atom is -0.481 e. The molecular weight excluding hydrogens is 190 g/mol. The van der Waals surface area contributed by atoms with E-state index in [1.54, 1.807) is 0 Å². The molecule has 0 fully saturated rings. The Morgan fingerprint density at radius 1 is 1.40 bits per heavy atom. The summed E-state index contributed by atoms with van der Waals surface area (Å²) < 4.78 is 0. The van der Waals surface area contributed by atoms with E-state index in [2.05, 4.69) is 5.32 Å². The fraction of sp³-hybridized carbons (Fsp3) is 0.417. The summed E-state index contributed by atoms with van der Waals surface area (Å²) in [5.41, 5.74) is 1.08. The van der Waals surface area contributed by atoms with Crippen molar-refractivity contribution in [1.82, 2.24) is 5.32 Å². The van der Waals surface area contributed by atoms with Crippen molar-refractivity contribution in [2.75, 3.05) is 13.1 Å². The van der Waals surface area contributed by atoms with E-state index in [1.165, 1.54) is 0 Å². The lowest BCUT2D eigenvalue weighted by Crippen LogP contribution is -2.23. The third-order valence-electron chi connectivity index (χ3n) is 2.33. The van der Waals surface area contributed by atoms with Crippen LogP contribution in [0.4, 0.5) is 0 Å². The van der Waals surface area contributed by atoms with Gasteiger partial charge in [0.1, 0.15) is 0 Å². The van der Waals surface area contributed by atoms with Gasteiger partial charge in [0.25, 0.3) is 0 Å². The van der Waals surface area contributed by atoms with Crippen molar-refractivity contribution in [1.29, 1.82) is 0 Å². The first kappa shape index (κ1) is 11.7. The Kier molecular flexibility index (Phi) is 4.84. The molecule has 82 valence electrons. The average Bonchev–Trinajstić information content (AvgIpc) is 2.25. The molecule has 0 radical (unpaired) electrons. The van der Waals surface area contributed by atoms with Crippen LogP contribution in [0, 0.1) is 0 Å². The van der Waals surface area contributed by atoms with Crippen molar-refractivity contribution in [2.24, 2.45) is 0 Å². The van der Waals surface area contributed by atoms with Gasteiger partial charge in [-0.25, -0.2) is 0 Å². The molecule has 1 unspecified atom stereocenters. The Morgan fingerprint density at radius 3 is 2.60 bits per heavy atom. The van der Waals surface area contributed by atoms with Gasteiger partial charge in [0, 0.05) is 12.5 Å². The molecule has 2 N–H and O–H groups in total. The fourth-order valence-electron chi connectivity index (χ4n) is 1.56. The van der Waals surface area contributed by atoms with Gasteiger partial charge in [0.2, 0.25) is 0 Å². The van der Waals surface area contributed by atoms with E-state index in [1.807, 2.05) is 37.3 Å². The number of carboxylic acid groups (broad SMARTS) is 1. The highest BCUT2D eigenvalue weighted by Crippen LogP contribution is 2.18. The number of benzene rings is 1. The number of carboxylic acids is 1. The lowest BCUT2D eigenvalue weighted by Gasteiger charge is -2.15. The molecule has 0 aliphatic carbocycles. The first-order valence-corrected chi connectivity index (χ1v) is 5.21. The van der Waals surface area contributed by atoms with Gasteiger partial charge in [0.15, 0.2) is 0 Å². The van der Waals surface area contributed by atoms with Crippen molar-refractivity contribution < 1.29 is 9.90 Å². The van der Waals surface area contributed by atoms with Gasteiger partial charge >= 0.3 is 5.97 Å². The molecule has 3 heteroatoms. The monoisotopic (exact) mass is 207 g/mol. The van der Waals surface area contributed by atoms with E-state index in [0.29, 0.717) is 6.54 Å². The van der Waals surface area contributed by atoms with Crippen LogP contribution in [0.5, 0.6) is 0 Å². The lowest BCUT2D eigenvalue weighted by molar-refractivity contribution is -0.137. The topological polar surface area (TPSA) is 49.3 Å². The normalized spacial score (nSPS) is 12.3. The molecule has 1 atom stereocenters. The van der Waals surface area contributed by atoms with E-state index in [9.17, 15) is 4.79 Å². The van der Waals surface area contributed by atoms with Crippen molar-refractivity contribution in [2.45, 2.75) is 19.3 Å². The van der Waals surface area contributed by atoms with Gasteiger partial charge in [-0.1, -0.05) is 37.3 Å². The van der Waals surface area contributed by atoms with E-state index in [0.717, 1.165) is 12.1 Å². The third kappa shape index (κ3) is 4.13. The molecule has 0 heterocycles. The number of aliphatic carboxylic acids is 1.